The molecular weight excluding hydrogens is 283 g/mol. The molecule has 0 atom stereocenters. The number of rotatable bonds is 3. The van der Waals surface area contributed by atoms with Crippen molar-refractivity contribution in [2.24, 2.45) is 0 Å². The van der Waals surface area contributed by atoms with E-state index in [-0.39, 0.29) is 11.3 Å². The zero-order chi connectivity index (χ0) is 12.7. The second kappa shape index (κ2) is 3.79. The average molecular weight is 288 g/mol. The molecule has 16 heavy (non-hydrogen) atoms. The third-order valence-electron chi connectivity index (χ3n) is 1.51. The number of aromatic carboxylic acids is 1. The molecule has 0 saturated heterocycles. The maximum Gasteiger partial charge on any atom is 0.347 e. The van der Waals surface area contributed by atoms with Crippen molar-refractivity contribution in [1.82, 2.24) is 0 Å². The number of halogens is 1. The second-order valence-electron chi connectivity index (χ2n) is 2.77. The van der Waals surface area contributed by atoms with E-state index in [0.717, 1.165) is 0 Å². The number of carboxylic acids is 1. The molecule has 6 nitrogen and oxygen atoms in total. The molecule has 0 fully saturated rings. The first-order valence-electron chi connectivity index (χ1n) is 3.55. The highest BCUT2D eigenvalue weighted by Gasteiger charge is 2.27. The number of hydrogen-bond donors (Lipinski definition) is 1. The normalized spacial score (nSPS) is 12.6. The minimum absolute atomic E-state index is 0.0597. The van der Waals surface area contributed by atoms with Crippen molar-refractivity contribution in [1.29, 1.82) is 0 Å². The van der Waals surface area contributed by atoms with Gasteiger partial charge in [-0.05, 0) is 6.07 Å². The molecule has 0 aromatic carbocycles. The molecule has 90 valence electrons. The highest BCUT2D eigenvalue weighted by Crippen LogP contribution is 2.30. The summed E-state index contributed by atoms with van der Waals surface area (Å²) in [5.41, 5.74) is 0. The Morgan fingerprint density at radius 1 is 1.38 bits per heavy atom. The van der Waals surface area contributed by atoms with E-state index in [0.29, 0.717) is 12.3 Å². The molecule has 1 aromatic rings. The molecule has 0 amide bonds. The van der Waals surface area contributed by atoms with Crippen LogP contribution in [0.1, 0.15) is 9.67 Å². The fraction of sp³-hybridized carbons (Fsp3) is 0.167. The van der Waals surface area contributed by atoms with Crippen LogP contribution in [0.15, 0.2) is 15.2 Å². The minimum Gasteiger partial charge on any atom is -0.477 e. The molecule has 0 saturated carbocycles. The van der Waals surface area contributed by atoms with Crippen LogP contribution < -0.4 is 0 Å². The monoisotopic (exact) mass is 288 g/mol. The van der Waals surface area contributed by atoms with Crippen LogP contribution >= 0.6 is 11.3 Å². The van der Waals surface area contributed by atoms with E-state index in [1.165, 1.54) is 0 Å². The lowest BCUT2D eigenvalue weighted by atomic mass is 10.5. The quantitative estimate of drug-likeness (QED) is 0.812. The maximum absolute atomic E-state index is 12.6. The minimum atomic E-state index is -5.11. The van der Waals surface area contributed by atoms with Gasteiger partial charge in [-0.2, -0.15) is 8.42 Å². The smallest absolute Gasteiger partial charge is 0.347 e. The van der Waals surface area contributed by atoms with Gasteiger partial charge in [0.1, 0.15) is 4.88 Å². The highest BCUT2D eigenvalue weighted by atomic mass is 32.3. The first-order valence-corrected chi connectivity index (χ1v) is 7.64. The van der Waals surface area contributed by atoms with Gasteiger partial charge in [-0.1, -0.05) is 3.89 Å². The van der Waals surface area contributed by atoms with Crippen molar-refractivity contribution in [2.45, 2.75) is 9.10 Å². The average Bonchev–Trinajstić information content (AvgIpc) is 2.44. The Hall–Kier alpha value is -1.00. The van der Waals surface area contributed by atoms with E-state index in [9.17, 15) is 25.5 Å². The summed E-state index contributed by atoms with van der Waals surface area (Å²) in [6.07, 6.45) is 0.704. The molecule has 0 unspecified atom stereocenters. The number of hydrogen-bond acceptors (Lipinski definition) is 6. The van der Waals surface area contributed by atoms with Crippen LogP contribution in [0.3, 0.4) is 0 Å². The van der Waals surface area contributed by atoms with E-state index in [2.05, 4.69) is 0 Å². The van der Waals surface area contributed by atoms with E-state index < -0.39 is 40.0 Å². The number of thiophene rings is 1. The van der Waals surface area contributed by atoms with Gasteiger partial charge >= 0.3 is 16.2 Å². The standard InChI is InChI=1S/C6H5FO6S3/c1-15(10,11)3-2-4(16(7,12)13)14-5(3)6(8)9/h2H,1H3,(H,8,9). The fourth-order valence-electron chi connectivity index (χ4n) is 0.898. The first kappa shape index (κ1) is 13.1. The van der Waals surface area contributed by atoms with Gasteiger partial charge in [0.2, 0.25) is 0 Å². The van der Waals surface area contributed by atoms with E-state index in [1.54, 1.807) is 0 Å². The summed E-state index contributed by atoms with van der Waals surface area (Å²) >= 11 is 0.0597. The van der Waals surface area contributed by atoms with Gasteiger partial charge in [-0.15, -0.1) is 11.3 Å². The predicted molar refractivity (Wildman–Crippen MR) is 52.7 cm³/mol. The van der Waals surface area contributed by atoms with Crippen LogP contribution in [-0.2, 0) is 20.1 Å². The Labute approximate surface area is 94.5 Å². The third-order valence-corrected chi connectivity index (χ3v) is 5.12. The summed E-state index contributed by atoms with van der Waals surface area (Å²) in [4.78, 5) is 9.21. The summed E-state index contributed by atoms with van der Waals surface area (Å²) in [6.45, 7) is 0. The van der Waals surface area contributed by atoms with Crippen LogP contribution in [0.5, 0.6) is 0 Å². The van der Waals surface area contributed by atoms with Crippen molar-refractivity contribution in [3.8, 4) is 0 Å². The lowest BCUT2D eigenvalue weighted by molar-refractivity contribution is 0.0698. The lowest BCUT2D eigenvalue weighted by Crippen LogP contribution is -2.03. The predicted octanol–water partition coefficient (Wildman–Crippen LogP) is 0.508. The molecule has 0 bridgehead atoms. The molecule has 0 aliphatic heterocycles. The van der Waals surface area contributed by atoms with Crippen molar-refractivity contribution >= 4 is 37.4 Å². The molecule has 1 aromatic heterocycles. The molecule has 0 radical (unpaired) electrons. The molecule has 1 rings (SSSR count). The Balaban J connectivity index is 3.64. The summed E-state index contributed by atoms with van der Waals surface area (Å²) in [5, 5.41) is 8.64. The highest BCUT2D eigenvalue weighted by molar-refractivity contribution is 7.91. The Morgan fingerprint density at radius 3 is 2.12 bits per heavy atom. The van der Waals surface area contributed by atoms with Crippen molar-refractivity contribution in [2.75, 3.05) is 6.26 Å². The van der Waals surface area contributed by atoms with Gasteiger partial charge in [0, 0.05) is 6.26 Å². The van der Waals surface area contributed by atoms with Gasteiger partial charge in [-0.3, -0.25) is 0 Å². The zero-order valence-corrected chi connectivity index (χ0v) is 10.1. The molecular formula is C6H5FO6S3. The zero-order valence-electron chi connectivity index (χ0n) is 7.67. The summed E-state index contributed by atoms with van der Waals surface area (Å²) < 4.78 is 54.9. The van der Waals surface area contributed by atoms with Gasteiger partial charge in [0.15, 0.2) is 14.0 Å². The van der Waals surface area contributed by atoms with Crippen LogP contribution in [0.2, 0.25) is 0 Å². The number of carboxylic acid groups (broad SMARTS) is 1. The van der Waals surface area contributed by atoms with Gasteiger partial charge in [0.25, 0.3) is 0 Å². The first-order chi connectivity index (χ1) is 7.03. The van der Waals surface area contributed by atoms with Gasteiger partial charge < -0.3 is 5.11 Å². The lowest BCUT2D eigenvalue weighted by Gasteiger charge is -1.94. The Bertz CT molecular complexity index is 638. The van der Waals surface area contributed by atoms with Crippen molar-refractivity contribution in [3.05, 3.63) is 10.9 Å². The van der Waals surface area contributed by atoms with Gasteiger partial charge in [-0.25, -0.2) is 13.2 Å². The molecule has 10 heteroatoms. The third kappa shape index (κ3) is 2.57. The van der Waals surface area contributed by atoms with Crippen molar-refractivity contribution in [3.63, 3.8) is 0 Å². The summed E-state index contributed by atoms with van der Waals surface area (Å²) in [7, 11) is -9.03. The number of sulfone groups is 1. The van der Waals surface area contributed by atoms with Gasteiger partial charge in [0.05, 0.1) is 4.90 Å². The van der Waals surface area contributed by atoms with Crippen LogP contribution in [0.4, 0.5) is 3.89 Å². The van der Waals surface area contributed by atoms with Crippen LogP contribution in [0.25, 0.3) is 0 Å². The summed E-state index contributed by atoms with van der Waals surface area (Å²) in [6, 6.07) is 0.499. The topological polar surface area (TPSA) is 106 Å². The summed E-state index contributed by atoms with van der Waals surface area (Å²) in [5.74, 6) is -1.62. The van der Waals surface area contributed by atoms with E-state index in [4.69, 9.17) is 5.11 Å². The van der Waals surface area contributed by atoms with E-state index >= 15 is 0 Å². The Morgan fingerprint density at radius 2 is 1.88 bits per heavy atom. The maximum atomic E-state index is 12.6. The van der Waals surface area contributed by atoms with E-state index in [1.807, 2.05) is 0 Å². The van der Waals surface area contributed by atoms with Crippen molar-refractivity contribution < 1.29 is 30.6 Å². The fourth-order valence-corrected chi connectivity index (χ4v) is 3.91. The largest absolute Gasteiger partial charge is 0.477 e. The molecule has 0 aliphatic rings. The van der Waals surface area contributed by atoms with Crippen LogP contribution in [0, 0.1) is 0 Å². The van der Waals surface area contributed by atoms with Crippen LogP contribution in [-0.4, -0.2) is 34.2 Å². The second-order valence-corrected chi connectivity index (χ2v) is 7.38. The molecule has 0 spiro atoms. The number of carbonyl (C=O) groups is 1. The SMILES string of the molecule is CS(=O)(=O)c1cc(S(=O)(=O)F)sc1C(=O)O. The Kier molecular flexibility index (Phi) is 3.09. The molecule has 1 N–H and O–H groups in total. The molecule has 0 aliphatic carbocycles. The molecule has 1 heterocycles.